The van der Waals surface area contributed by atoms with Gasteiger partial charge in [0.15, 0.2) is 0 Å². The molecular formula is C7H11NO. The van der Waals surface area contributed by atoms with Crippen LogP contribution in [0.3, 0.4) is 0 Å². The number of nitrogens with zero attached hydrogens (tertiary/aromatic N) is 1. The molecule has 0 N–H and O–H groups in total. The molecule has 0 saturated carbocycles. The normalized spacial score (nSPS) is 12.1. The Morgan fingerprint density at radius 3 is 2.67 bits per heavy atom. The molecule has 0 aromatic carbocycles. The molecule has 0 spiro atoms. The highest BCUT2D eigenvalue weighted by atomic mass is 16.1. The maximum atomic E-state index is 10.5. The summed E-state index contributed by atoms with van der Waals surface area (Å²) in [5.41, 5.74) is 0. The number of carbonyl (C=O) groups excluding carboxylic acids is 1. The average molecular weight is 125 g/mol. The number of rotatable bonds is 3. The standard InChI is InChI=1S/C7H11NO/c1-6(7(2)9)4-3-5-8/h6H,3-4H2,1-2H3. The van der Waals surface area contributed by atoms with Gasteiger partial charge in [-0.1, -0.05) is 6.92 Å². The van der Waals surface area contributed by atoms with Gasteiger partial charge < -0.3 is 0 Å². The van der Waals surface area contributed by atoms with Gasteiger partial charge in [0.1, 0.15) is 5.78 Å². The molecule has 1 unspecified atom stereocenters. The number of hydrogen-bond acceptors (Lipinski definition) is 2. The summed E-state index contributed by atoms with van der Waals surface area (Å²) in [4.78, 5) is 10.5. The second-order valence-corrected chi connectivity index (χ2v) is 2.21. The third-order valence-corrected chi connectivity index (χ3v) is 1.38. The quantitative estimate of drug-likeness (QED) is 0.573. The van der Waals surface area contributed by atoms with Crippen LogP contribution in [0.25, 0.3) is 0 Å². The van der Waals surface area contributed by atoms with Gasteiger partial charge >= 0.3 is 0 Å². The molecule has 50 valence electrons. The van der Waals surface area contributed by atoms with Crippen molar-refractivity contribution < 1.29 is 4.79 Å². The Hall–Kier alpha value is -0.840. The van der Waals surface area contributed by atoms with Gasteiger partial charge in [0.25, 0.3) is 0 Å². The first-order chi connectivity index (χ1) is 4.18. The smallest absolute Gasteiger partial charge is 0.132 e. The number of hydrogen-bond donors (Lipinski definition) is 0. The van der Waals surface area contributed by atoms with Crippen molar-refractivity contribution in [2.75, 3.05) is 0 Å². The second kappa shape index (κ2) is 4.08. The second-order valence-electron chi connectivity index (χ2n) is 2.21. The zero-order chi connectivity index (χ0) is 7.28. The van der Waals surface area contributed by atoms with E-state index in [1.54, 1.807) is 6.92 Å². The molecule has 0 radical (unpaired) electrons. The van der Waals surface area contributed by atoms with Crippen molar-refractivity contribution in [1.82, 2.24) is 0 Å². The summed E-state index contributed by atoms with van der Waals surface area (Å²) in [5, 5.41) is 8.14. The molecule has 0 rings (SSSR count). The Morgan fingerprint density at radius 2 is 2.33 bits per heavy atom. The Morgan fingerprint density at radius 1 is 1.78 bits per heavy atom. The fourth-order valence-corrected chi connectivity index (χ4v) is 0.484. The highest BCUT2D eigenvalue weighted by molar-refractivity contribution is 5.77. The summed E-state index contributed by atoms with van der Waals surface area (Å²) in [5.74, 6) is 0.231. The lowest BCUT2D eigenvalue weighted by atomic mass is 10.0. The molecule has 0 bridgehead atoms. The highest BCUT2D eigenvalue weighted by Crippen LogP contribution is 2.04. The first kappa shape index (κ1) is 8.16. The van der Waals surface area contributed by atoms with Crippen LogP contribution in [0.1, 0.15) is 26.7 Å². The van der Waals surface area contributed by atoms with Crippen molar-refractivity contribution in [2.24, 2.45) is 5.92 Å². The van der Waals surface area contributed by atoms with E-state index in [1.165, 1.54) is 0 Å². The minimum absolute atomic E-state index is 0.0599. The van der Waals surface area contributed by atoms with Crippen molar-refractivity contribution in [3.05, 3.63) is 0 Å². The summed E-state index contributed by atoms with van der Waals surface area (Å²) in [6.45, 7) is 3.40. The first-order valence-electron chi connectivity index (χ1n) is 3.06. The fraction of sp³-hybridized carbons (Fsp3) is 0.714. The lowest BCUT2D eigenvalue weighted by molar-refractivity contribution is -0.120. The molecule has 1 atom stereocenters. The van der Waals surface area contributed by atoms with E-state index in [-0.39, 0.29) is 11.7 Å². The molecule has 0 aliphatic rings. The van der Waals surface area contributed by atoms with Crippen molar-refractivity contribution >= 4 is 5.78 Å². The van der Waals surface area contributed by atoms with Gasteiger partial charge in [-0.2, -0.15) is 5.26 Å². The van der Waals surface area contributed by atoms with Crippen LogP contribution in [0.4, 0.5) is 0 Å². The van der Waals surface area contributed by atoms with Crippen molar-refractivity contribution in [2.45, 2.75) is 26.7 Å². The lowest BCUT2D eigenvalue weighted by Crippen LogP contribution is -2.04. The summed E-state index contributed by atoms with van der Waals surface area (Å²) < 4.78 is 0. The predicted molar refractivity (Wildman–Crippen MR) is 34.7 cm³/mol. The van der Waals surface area contributed by atoms with Gasteiger partial charge in [-0.15, -0.1) is 0 Å². The molecule has 2 heteroatoms. The largest absolute Gasteiger partial charge is 0.300 e. The van der Waals surface area contributed by atoms with E-state index >= 15 is 0 Å². The van der Waals surface area contributed by atoms with Crippen LogP contribution >= 0.6 is 0 Å². The van der Waals surface area contributed by atoms with Crippen LogP contribution < -0.4 is 0 Å². The lowest BCUT2D eigenvalue weighted by Gasteiger charge is -2.00. The third kappa shape index (κ3) is 3.72. The van der Waals surface area contributed by atoms with Crippen molar-refractivity contribution in [1.29, 1.82) is 5.26 Å². The van der Waals surface area contributed by atoms with E-state index in [2.05, 4.69) is 0 Å². The fourth-order valence-electron chi connectivity index (χ4n) is 0.484. The minimum atomic E-state index is 0.0599. The Balaban J connectivity index is 3.41. The molecule has 0 fully saturated rings. The summed E-state index contributed by atoms with van der Waals surface area (Å²) in [7, 11) is 0. The molecule has 9 heavy (non-hydrogen) atoms. The van der Waals surface area contributed by atoms with Gasteiger partial charge in [-0.05, 0) is 13.3 Å². The van der Waals surface area contributed by atoms with Gasteiger partial charge in [0.2, 0.25) is 0 Å². The summed E-state index contributed by atoms with van der Waals surface area (Å²) in [6, 6.07) is 2.00. The molecule has 0 saturated heterocycles. The zero-order valence-corrected chi connectivity index (χ0v) is 5.85. The Bertz CT molecular complexity index is 134. The monoisotopic (exact) mass is 125 g/mol. The Kier molecular flexibility index (Phi) is 3.70. The summed E-state index contributed by atoms with van der Waals surface area (Å²) >= 11 is 0. The van der Waals surface area contributed by atoms with E-state index in [1.807, 2.05) is 13.0 Å². The van der Waals surface area contributed by atoms with Crippen LogP contribution in [-0.4, -0.2) is 5.78 Å². The summed E-state index contributed by atoms with van der Waals surface area (Å²) in [6.07, 6.45) is 1.19. The van der Waals surface area contributed by atoms with Crippen LogP contribution in [0, 0.1) is 17.2 Å². The number of carbonyl (C=O) groups is 1. The molecule has 0 aromatic rings. The molecule has 0 aliphatic carbocycles. The Labute approximate surface area is 55.5 Å². The molecule has 0 heterocycles. The van der Waals surface area contributed by atoms with E-state index in [0.29, 0.717) is 12.8 Å². The first-order valence-corrected chi connectivity index (χ1v) is 3.06. The minimum Gasteiger partial charge on any atom is -0.300 e. The van der Waals surface area contributed by atoms with Gasteiger partial charge in [-0.25, -0.2) is 0 Å². The van der Waals surface area contributed by atoms with E-state index in [0.717, 1.165) is 0 Å². The van der Waals surface area contributed by atoms with Gasteiger partial charge in [0.05, 0.1) is 6.07 Å². The van der Waals surface area contributed by atoms with E-state index < -0.39 is 0 Å². The van der Waals surface area contributed by atoms with E-state index in [9.17, 15) is 4.79 Å². The topological polar surface area (TPSA) is 40.9 Å². The molecule has 2 nitrogen and oxygen atoms in total. The highest BCUT2D eigenvalue weighted by Gasteiger charge is 2.05. The molecule has 0 aliphatic heterocycles. The maximum absolute atomic E-state index is 10.5. The predicted octanol–water partition coefficient (Wildman–Crippen LogP) is 1.52. The number of nitriles is 1. The van der Waals surface area contributed by atoms with E-state index in [4.69, 9.17) is 5.26 Å². The zero-order valence-electron chi connectivity index (χ0n) is 5.85. The van der Waals surface area contributed by atoms with Crippen LogP contribution in [-0.2, 0) is 4.79 Å². The van der Waals surface area contributed by atoms with Crippen LogP contribution in [0.15, 0.2) is 0 Å². The van der Waals surface area contributed by atoms with Gasteiger partial charge in [-0.3, -0.25) is 4.79 Å². The third-order valence-electron chi connectivity index (χ3n) is 1.38. The average Bonchev–Trinajstić information content (AvgIpc) is 1.82. The van der Waals surface area contributed by atoms with Crippen LogP contribution in [0.5, 0.6) is 0 Å². The number of ketones is 1. The van der Waals surface area contributed by atoms with Crippen LogP contribution in [0.2, 0.25) is 0 Å². The number of Topliss-reactive ketones (excluding diaryl/α,β-unsaturated/α-hetero) is 1. The SMILES string of the molecule is CC(=O)C(C)CCC#N. The maximum Gasteiger partial charge on any atom is 0.132 e. The van der Waals surface area contributed by atoms with Gasteiger partial charge in [0, 0.05) is 12.3 Å². The van der Waals surface area contributed by atoms with Crippen molar-refractivity contribution in [3.63, 3.8) is 0 Å². The van der Waals surface area contributed by atoms with Crippen molar-refractivity contribution in [3.8, 4) is 6.07 Å². The molecule has 0 aromatic heterocycles. The molecular weight excluding hydrogens is 114 g/mol. The molecule has 0 amide bonds.